The van der Waals surface area contributed by atoms with E-state index >= 15 is 0 Å². The third-order valence-electron chi connectivity index (χ3n) is 2.19. The summed E-state index contributed by atoms with van der Waals surface area (Å²) in [6.45, 7) is -1.65. The minimum absolute atomic E-state index is 0.119. The van der Waals surface area contributed by atoms with Gasteiger partial charge in [0.1, 0.15) is 6.54 Å². The summed E-state index contributed by atoms with van der Waals surface area (Å²) in [6, 6.07) is 4.14. The van der Waals surface area contributed by atoms with Gasteiger partial charge in [0.15, 0.2) is 0 Å². The predicted molar refractivity (Wildman–Crippen MR) is 59.3 cm³/mol. The summed E-state index contributed by atoms with van der Waals surface area (Å²) in [4.78, 5) is 10.2. The Labute approximate surface area is 107 Å². The zero-order valence-corrected chi connectivity index (χ0v) is 10.5. The van der Waals surface area contributed by atoms with Crippen molar-refractivity contribution in [3.05, 3.63) is 29.8 Å². The molecule has 1 aromatic rings. The van der Waals surface area contributed by atoms with Crippen LogP contribution in [0.25, 0.3) is 0 Å². The molecule has 9 heteroatoms. The fourth-order valence-corrected chi connectivity index (χ4v) is 2.51. The number of hydrogen-bond donors (Lipinski definition) is 1. The normalized spacial score (nSPS) is 12.7. The van der Waals surface area contributed by atoms with Crippen molar-refractivity contribution in [2.24, 2.45) is 0 Å². The van der Waals surface area contributed by atoms with E-state index in [9.17, 15) is 26.4 Å². The van der Waals surface area contributed by atoms with Crippen LogP contribution in [0, 0.1) is 0 Å². The van der Waals surface area contributed by atoms with Crippen LogP contribution < -0.4 is 0 Å². The number of hydrogen-bond acceptors (Lipinski definition) is 3. The molecular weight excluding hydrogens is 287 g/mol. The first-order chi connectivity index (χ1) is 8.54. The maximum Gasteiger partial charge on any atom is 0.402 e. The first-order valence-corrected chi connectivity index (χ1v) is 6.34. The zero-order chi connectivity index (χ0) is 14.8. The molecule has 0 atom stereocenters. The lowest BCUT2D eigenvalue weighted by molar-refractivity contribution is -0.134. The van der Waals surface area contributed by atoms with Crippen LogP contribution in [-0.2, 0) is 10.0 Å². The molecule has 19 heavy (non-hydrogen) atoms. The third kappa shape index (κ3) is 3.93. The van der Waals surface area contributed by atoms with Gasteiger partial charge in [-0.05, 0) is 18.2 Å². The van der Waals surface area contributed by atoms with Crippen LogP contribution in [0.4, 0.5) is 13.2 Å². The van der Waals surface area contributed by atoms with Gasteiger partial charge in [-0.25, -0.2) is 13.2 Å². The van der Waals surface area contributed by atoms with Crippen LogP contribution in [0.3, 0.4) is 0 Å². The maximum absolute atomic E-state index is 12.2. The SMILES string of the molecule is CN(CC(F)(F)F)S(=O)(=O)c1cccc(C(=O)O)c1. The Bertz CT molecular complexity index is 583. The minimum atomic E-state index is -4.67. The average Bonchev–Trinajstić information content (AvgIpc) is 2.26. The van der Waals surface area contributed by atoms with Crippen molar-refractivity contribution in [2.75, 3.05) is 13.6 Å². The highest BCUT2D eigenvalue weighted by Crippen LogP contribution is 2.21. The Kier molecular flexibility index (Phi) is 4.21. The smallest absolute Gasteiger partial charge is 0.402 e. The van der Waals surface area contributed by atoms with Crippen molar-refractivity contribution >= 4 is 16.0 Å². The van der Waals surface area contributed by atoms with Crippen LogP contribution in [0.15, 0.2) is 29.2 Å². The second kappa shape index (κ2) is 5.17. The Morgan fingerprint density at radius 3 is 2.42 bits per heavy atom. The van der Waals surface area contributed by atoms with Crippen molar-refractivity contribution in [3.63, 3.8) is 0 Å². The molecule has 1 N–H and O–H groups in total. The molecule has 1 aromatic carbocycles. The number of sulfonamides is 1. The number of nitrogens with zero attached hydrogens (tertiary/aromatic N) is 1. The van der Waals surface area contributed by atoms with Crippen molar-refractivity contribution in [2.45, 2.75) is 11.1 Å². The van der Waals surface area contributed by atoms with E-state index in [-0.39, 0.29) is 9.87 Å². The molecule has 0 unspecified atom stereocenters. The summed E-state index contributed by atoms with van der Waals surface area (Å²) in [6.07, 6.45) is -4.67. The van der Waals surface area contributed by atoms with Gasteiger partial charge in [-0.1, -0.05) is 6.07 Å². The van der Waals surface area contributed by atoms with Crippen LogP contribution in [-0.4, -0.2) is 43.6 Å². The average molecular weight is 297 g/mol. The predicted octanol–water partition coefficient (Wildman–Crippen LogP) is 1.57. The number of carboxylic acids is 1. The molecule has 106 valence electrons. The van der Waals surface area contributed by atoms with Gasteiger partial charge >= 0.3 is 12.1 Å². The van der Waals surface area contributed by atoms with Gasteiger partial charge in [-0.2, -0.15) is 17.5 Å². The fourth-order valence-electron chi connectivity index (χ4n) is 1.31. The second-order valence-electron chi connectivity index (χ2n) is 3.71. The lowest BCUT2D eigenvalue weighted by atomic mass is 10.2. The second-order valence-corrected chi connectivity index (χ2v) is 5.75. The van der Waals surface area contributed by atoms with Crippen LogP contribution in [0.2, 0.25) is 0 Å². The first-order valence-electron chi connectivity index (χ1n) is 4.90. The lowest BCUT2D eigenvalue weighted by Crippen LogP contribution is -2.35. The van der Waals surface area contributed by atoms with E-state index in [1.165, 1.54) is 0 Å². The minimum Gasteiger partial charge on any atom is -0.478 e. The Morgan fingerprint density at radius 2 is 1.95 bits per heavy atom. The molecule has 0 aliphatic carbocycles. The summed E-state index contributed by atoms with van der Waals surface area (Å²) >= 11 is 0. The molecule has 0 saturated heterocycles. The molecule has 5 nitrogen and oxygen atoms in total. The van der Waals surface area contributed by atoms with Crippen LogP contribution in [0.5, 0.6) is 0 Å². The van der Waals surface area contributed by atoms with E-state index < -0.39 is 33.6 Å². The largest absolute Gasteiger partial charge is 0.478 e. The zero-order valence-electron chi connectivity index (χ0n) is 9.68. The number of alkyl halides is 3. The molecule has 0 amide bonds. The number of carbonyl (C=O) groups is 1. The third-order valence-corrected chi connectivity index (χ3v) is 3.99. The summed E-state index contributed by atoms with van der Waals surface area (Å²) in [5, 5.41) is 8.71. The van der Waals surface area contributed by atoms with Crippen molar-refractivity contribution < 1.29 is 31.5 Å². The molecule has 0 aliphatic rings. The van der Waals surface area contributed by atoms with Gasteiger partial charge in [0.05, 0.1) is 10.5 Å². The molecule has 0 aliphatic heterocycles. The number of benzene rings is 1. The van der Waals surface area contributed by atoms with Gasteiger partial charge in [0.2, 0.25) is 10.0 Å². The Morgan fingerprint density at radius 1 is 1.37 bits per heavy atom. The standard InChI is InChI=1S/C10H10F3NO4S/c1-14(6-10(11,12)13)19(17,18)8-4-2-3-7(5-8)9(15)16/h2-5H,6H2,1H3,(H,15,16). The van der Waals surface area contributed by atoms with Gasteiger partial charge in [-0.15, -0.1) is 0 Å². The molecule has 0 radical (unpaired) electrons. The molecule has 0 saturated carbocycles. The highest BCUT2D eigenvalue weighted by Gasteiger charge is 2.34. The van der Waals surface area contributed by atoms with E-state index in [2.05, 4.69) is 0 Å². The molecule has 0 aromatic heterocycles. The molecule has 0 spiro atoms. The van der Waals surface area contributed by atoms with Gasteiger partial charge in [0, 0.05) is 7.05 Å². The van der Waals surface area contributed by atoms with Gasteiger partial charge in [-0.3, -0.25) is 0 Å². The van der Waals surface area contributed by atoms with Crippen molar-refractivity contribution in [1.29, 1.82) is 0 Å². The van der Waals surface area contributed by atoms with E-state index in [0.29, 0.717) is 0 Å². The lowest BCUT2D eigenvalue weighted by Gasteiger charge is -2.18. The summed E-state index contributed by atoms with van der Waals surface area (Å²) < 4.78 is 60.2. The van der Waals surface area contributed by atoms with E-state index in [1.54, 1.807) is 0 Å². The Hall–Kier alpha value is -1.61. The van der Waals surface area contributed by atoms with Gasteiger partial charge in [0.25, 0.3) is 0 Å². The highest BCUT2D eigenvalue weighted by atomic mass is 32.2. The van der Waals surface area contributed by atoms with Crippen molar-refractivity contribution in [1.82, 2.24) is 4.31 Å². The maximum atomic E-state index is 12.2. The van der Waals surface area contributed by atoms with E-state index in [0.717, 1.165) is 31.3 Å². The topological polar surface area (TPSA) is 74.7 Å². The Balaban J connectivity index is 3.13. The van der Waals surface area contributed by atoms with Crippen molar-refractivity contribution in [3.8, 4) is 0 Å². The number of rotatable bonds is 4. The van der Waals surface area contributed by atoms with Crippen LogP contribution in [0.1, 0.15) is 10.4 Å². The monoisotopic (exact) mass is 297 g/mol. The highest BCUT2D eigenvalue weighted by molar-refractivity contribution is 7.89. The quantitative estimate of drug-likeness (QED) is 0.915. The molecule has 0 bridgehead atoms. The molecular formula is C10H10F3NO4S. The molecule has 1 rings (SSSR count). The summed E-state index contributed by atoms with van der Waals surface area (Å²) in [5.74, 6) is -1.37. The van der Waals surface area contributed by atoms with E-state index in [1.807, 2.05) is 0 Å². The number of carboxylic acid groups (broad SMARTS) is 1. The first kappa shape index (κ1) is 15.4. The van der Waals surface area contributed by atoms with Gasteiger partial charge < -0.3 is 5.11 Å². The van der Waals surface area contributed by atoms with E-state index in [4.69, 9.17) is 5.11 Å². The molecule has 0 heterocycles. The molecule has 0 fully saturated rings. The summed E-state index contributed by atoms with van der Waals surface area (Å²) in [7, 11) is -3.60. The fraction of sp³-hybridized carbons (Fsp3) is 0.300. The number of aromatic carboxylic acids is 1. The summed E-state index contributed by atoms with van der Waals surface area (Å²) in [5.41, 5.74) is -0.318. The number of halogens is 3. The van der Waals surface area contributed by atoms with Crippen LogP contribution >= 0.6 is 0 Å².